The number of nitrogens with two attached hydrogens (primary N) is 1. The zero-order valence-electron chi connectivity index (χ0n) is 8.89. The normalized spacial score (nSPS) is 37.1. The smallest absolute Gasteiger partial charge is 0.0814 e. The molecule has 3 N–H and O–H groups in total. The molecule has 4 atom stereocenters. The molecule has 0 amide bonds. The van der Waals surface area contributed by atoms with E-state index in [0.29, 0.717) is 12.6 Å². The highest BCUT2D eigenvalue weighted by atomic mass is 16.3. The van der Waals surface area contributed by atoms with E-state index in [4.69, 9.17) is 5.73 Å². The zero-order valence-corrected chi connectivity index (χ0v) is 8.89. The molecule has 2 saturated heterocycles. The van der Waals surface area contributed by atoms with Gasteiger partial charge in [-0.1, -0.05) is 0 Å². The van der Waals surface area contributed by atoms with Crippen molar-refractivity contribution in [2.24, 2.45) is 5.73 Å². The fourth-order valence-electron chi connectivity index (χ4n) is 2.68. The Morgan fingerprint density at radius 1 is 1.43 bits per heavy atom. The molecule has 2 bridgehead atoms. The molecule has 2 aliphatic heterocycles. The van der Waals surface area contributed by atoms with Crippen LogP contribution < -0.4 is 5.73 Å². The van der Waals surface area contributed by atoms with Crippen LogP contribution in [0.1, 0.15) is 13.3 Å². The van der Waals surface area contributed by atoms with Gasteiger partial charge >= 0.3 is 0 Å². The molecule has 0 aromatic rings. The predicted molar refractivity (Wildman–Crippen MR) is 56.1 cm³/mol. The number of rotatable bonds is 3. The van der Waals surface area contributed by atoms with Gasteiger partial charge in [-0.2, -0.15) is 0 Å². The highest BCUT2D eigenvalue weighted by Gasteiger charge is 2.36. The van der Waals surface area contributed by atoms with Gasteiger partial charge in [-0.25, -0.2) is 0 Å². The summed E-state index contributed by atoms with van der Waals surface area (Å²) in [4.78, 5) is 4.93. The molecule has 4 nitrogen and oxygen atoms in total. The quantitative estimate of drug-likeness (QED) is 0.617. The third-order valence-corrected chi connectivity index (χ3v) is 3.71. The maximum atomic E-state index is 9.73. The fourth-order valence-corrected chi connectivity index (χ4v) is 2.68. The second kappa shape index (κ2) is 4.14. The molecule has 0 spiro atoms. The van der Waals surface area contributed by atoms with Crippen molar-refractivity contribution in [3.8, 4) is 0 Å². The Hall–Kier alpha value is -0.160. The Morgan fingerprint density at radius 2 is 2.21 bits per heavy atom. The Balaban J connectivity index is 1.96. The van der Waals surface area contributed by atoms with Crippen molar-refractivity contribution >= 4 is 0 Å². The molecule has 0 aromatic carbocycles. The standard InChI is InChI=1S/C10H21N3O/c1-8(10(14)6-11)13-5-4-12-3-2-9(13)7-12/h8-10,14H,2-7,11H2,1H3. The lowest BCUT2D eigenvalue weighted by Gasteiger charge is -2.40. The number of aliphatic hydroxyl groups excluding tert-OH is 1. The molecule has 82 valence electrons. The van der Waals surface area contributed by atoms with Crippen LogP contribution in [0, 0.1) is 0 Å². The van der Waals surface area contributed by atoms with Gasteiger partial charge in [0, 0.05) is 38.3 Å². The molecule has 4 heteroatoms. The van der Waals surface area contributed by atoms with Crippen molar-refractivity contribution in [1.82, 2.24) is 9.80 Å². The van der Waals surface area contributed by atoms with Crippen molar-refractivity contribution in [1.29, 1.82) is 0 Å². The van der Waals surface area contributed by atoms with E-state index < -0.39 is 0 Å². The van der Waals surface area contributed by atoms with Crippen molar-refractivity contribution in [3.05, 3.63) is 0 Å². The maximum Gasteiger partial charge on any atom is 0.0814 e. The van der Waals surface area contributed by atoms with Crippen LogP contribution in [0.3, 0.4) is 0 Å². The first-order chi connectivity index (χ1) is 6.72. The SMILES string of the molecule is CC(C(O)CN)N1CCN2CCC1C2. The van der Waals surface area contributed by atoms with E-state index in [2.05, 4.69) is 16.7 Å². The van der Waals surface area contributed by atoms with Crippen molar-refractivity contribution in [2.75, 3.05) is 32.7 Å². The van der Waals surface area contributed by atoms with Crippen LogP contribution in [0.15, 0.2) is 0 Å². The molecular weight excluding hydrogens is 178 g/mol. The number of aliphatic hydroxyl groups is 1. The van der Waals surface area contributed by atoms with Crippen molar-refractivity contribution in [2.45, 2.75) is 31.5 Å². The lowest BCUT2D eigenvalue weighted by atomic mass is 10.1. The molecule has 2 fully saturated rings. The summed E-state index contributed by atoms with van der Waals surface area (Å²) in [6.07, 6.45) is 0.879. The average Bonchev–Trinajstić information content (AvgIpc) is 2.59. The fraction of sp³-hybridized carbons (Fsp3) is 1.00. The first-order valence-corrected chi connectivity index (χ1v) is 5.58. The summed E-state index contributed by atoms with van der Waals surface area (Å²) < 4.78 is 0. The largest absolute Gasteiger partial charge is 0.390 e. The Bertz CT molecular complexity index is 200. The third-order valence-electron chi connectivity index (χ3n) is 3.71. The lowest BCUT2D eigenvalue weighted by Crippen LogP contribution is -2.55. The summed E-state index contributed by atoms with van der Waals surface area (Å²) in [7, 11) is 0. The molecule has 2 rings (SSSR count). The Labute approximate surface area is 85.7 Å². The summed E-state index contributed by atoms with van der Waals surface area (Å²) >= 11 is 0. The molecule has 0 aliphatic carbocycles. The highest BCUT2D eigenvalue weighted by Crippen LogP contribution is 2.23. The van der Waals surface area contributed by atoms with Crippen LogP contribution in [0.2, 0.25) is 0 Å². The molecule has 0 aromatic heterocycles. The monoisotopic (exact) mass is 199 g/mol. The second-order valence-corrected chi connectivity index (χ2v) is 4.52. The summed E-state index contributed by atoms with van der Waals surface area (Å²) in [6.45, 7) is 7.11. The molecule has 2 aliphatic rings. The van der Waals surface area contributed by atoms with Crippen molar-refractivity contribution in [3.63, 3.8) is 0 Å². The summed E-state index contributed by atoms with van der Waals surface area (Å²) in [5.74, 6) is 0. The molecule has 0 radical (unpaired) electrons. The minimum atomic E-state index is -0.373. The van der Waals surface area contributed by atoms with E-state index in [1.807, 2.05) is 0 Å². The van der Waals surface area contributed by atoms with E-state index in [0.717, 1.165) is 13.1 Å². The number of fused-ring (bicyclic) bond motifs is 2. The van der Waals surface area contributed by atoms with Gasteiger partial charge in [-0.3, -0.25) is 4.90 Å². The Morgan fingerprint density at radius 3 is 2.93 bits per heavy atom. The predicted octanol–water partition coefficient (Wildman–Crippen LogP) is -0.916. The van der Waals surface area contributed by atoms with Crippen LogP contribution in [0.5, 0.6) is 0 Å². The highest BCUT2D eigenvalue weighted by molar-refractivity contribution is 4.92. The minimum absolute atomic E-state index is 0.213. The molecule has 0 saturated carbocycles. The topological polar surface area (TPSA) is 52.7 Å². The van der Waals surface area contributed by atoms with Gasteiger partial charge in [0.05, 0.1) is 6.10 Å². The lowest BCUT2D eigenvalue weighted by molar-refractivity contribution is 0.0212. The van der Waals surface area contributed by atoms with Crippen LogP contribution in [-0.2, 0) is 0 Å². The van der Waals surface area contributed by atoms with E-state index in [1.165, 1.54) is 19.5 Å². The summed E-state index contributed by atoms with van der Waals surface area (Å²) in [6, 6.07) is 0.866. The van der Waals surface area contributed by atoms with E-state index in [1.54, 1.807) is 0 Å². The summed E-state index contributed by atoms with van der Waals surface area (Å²) in [5.41, 5.74) is 5.49. The van der Waals surface area contributed by atoms with E-state index in [-0.39, 0.29) is 12.1 Å². The van der Waals surface area contributed by atoms with Gasteiger partial charge in [0.2, 0.25) is 0 Å². The van der Waals surface area contributed by atoms with Crippen molar-refractivity contribution < 1.29 is 5.11 Å². The molecule has 4 unspecified atom stereocenters. The average molecular weight is 199 g/mol. The van der Waals surface area contributed by atoms with Crippen LogP contribution in [-0.4, -0.2) is 65.8 Å². The number of piperazine rings is 1. The number of hydrogen-bond acceptors (Lipinski definition) is 4. The Kier molecular flexibility index (Phi) is 3.07. The second-order valence-electron chi connectivity index (χ2n) is 4.52. The molecule has 2 heterocycles. The first-order valence-electron chi connectivity index (χ1n) is 5.58. The maximum absolute atomic E-state index is 9.73. The van der Waals surface area contributed by atoms with Gasteiger partial charge in [0.1, 0.15) is 0 Å². The zero-order chi connectivity index (χ0) is 10.1. The van der Waals surface area contributed by atoms with Gasteiger partial charge in [0.25, 0.3) is 0 Å². The summed E-state index contributed by atoms with van der Waals surface area (Å²) in [5, 5.41) is 9.73. The molecule has 14 heavy (non-hydrogen) atoms. The van der Waals surface area contributed by atoms with Crippen LogP contribution in [0.4, 0.5) is 0 Å². The minimum Gasteiger partial charge on any atom is -0.390 e. The van der Waals surface area contributed by atoms with Gasteiger partial charge < -0.3 is 15.7 Å². The number of hydrogen-bond donors (Lipinski definition) is 2. The van der Waals surface area contributed by atoms with Crippen LogP contribution >= 0.6 is 0 Å². The van der Waals surface area contributed by atoms with E-state index >= 15 is 0 Å². The first kappa shape index (κ1) is 10.4. The van der Waals surface area contributed by atoms with Gasteiger partial charge in [-0.15, -0.1) is 0 Å². The van der Waals surface area contributed by atoms with Gasteiger partial charge in [0.15, 0.2) is 0 Å². The van der Waals surface area contributed by atoms with Crippen LogP contribution in [0.25, 0.3) is 0 Å². The van der Waals surface area contributed by atoms with E-state index in [9.17, 15) is 5.11 Å². The molecular formula is C10H21N3O. The third kappa shape index (κ3) is 1.80. The number of nitrogens with zero attached hydrogens (tertiary/aromatic N) is 2. The van der Waals surface area contributed by atoms with Gasteiger partial charge in [-0.05, 0) is 19.9 Å².